The highest BCUT2D eigenvalue weighted by molar-refractivity contribution is 6.07. The monoisotopic (exact) mass is 349 g/mol. The van der Waals surface area contributed by atoms with Crippen molar-refractivity contribution in [1.82, 2.24) is 14.9 Å². The fourth-order valence-electron chi connectivity index (χ4n) is 3.81. The van der Waals surface area contributed by atoms with Gasteiger partial charge in [0.1, 0.15) is 0 Å². The molecule has 2 aromatic heterocycles. The highest BCUT2D eigenvalue weighted by Gasteiger charge is 2.35. The summed E-state index contributed by atoms with van der Waals surface area (Å²) in [5.41, 5.74) is 2.68. The van der Waals surface area contributed by atoms with Crippen molar-refractivity contribution in [2.45, 2.75) is 31.4 Å². The maximum absolute atomic E-state index is 13.0. The third kappa shape index (κ3) is 3.22. The zero-order valence-electron chi connectivity index (χ0n) is 14.8. The number of carbonyl (C=O) groups excluding carboxylic acids is 1. The first-order valence-corrected chi connectivity index (χ1v) is 9.04. The summed E-state index contributed by atoms with van der Waals surface area (Å²) >= 11 is 0. The number of pyridine rings is 1. The minimum absolute atomic E-state index is 0.0280. The van der Waals surface area contributed by atoms with Crippen LogP contribution in [0.25, 0.3) is 10.9 Å². The SMILES string of the molecule is Cn1cc(C(=O)NC(Cc2ccccn2)C2CC(O)C2)c2ccccc21. The van der Waals surface area contributed by atoms with Gasteiger partial charge in [-0.05, 0) is 37.0 Å². The number of nitrogens with one attached hydrogen (secondary N) is 1. The zero-order valence-corrected chi connectivity index (χ0v) is 14.8. The Morgan fingerprint density at radius 3 is 2.77 bits per heavy atom. The fraction of sp³-hybridized carbons (Fsp3) is 0.333. The third-order valence-corrected chi connectivity index (χ3v) is 5.33. The van der Waals surface area contributed by atoms with Gasteiger partial charge in [-0.15, -0.1) is 0 Å². The molecule has 1 saturated carbocycles. The highest BCUT2D eigenvalue weighted by atomic mass is 16.3. The van der Waals surface area contributed by atoms with E-state index in [-0.39, 0.29) is 24.0 Å². The number of aliphatic hydroxyl groups is 1. The number of rotatable bonds is 5. The van der Waals surface area contributed by atoms with Crippen molar-refractivity contribution in [2.24, 2.45) is 13.0 Å². The molecule has 2 N–H and O–H groups in total. The van der Waals surface area contributed by atoms with E-state index in [1.54, 1.807) is 6.20 Å². The van der Waals surface area contributed by atoms with E-state index < -0.39 is 0 Å². The molecule has 5 heteroatoms. The Balaban J connectivity index is 1.57. The smallest absolute Gasteiger partial charge is 0.253 e. The summed E-state index contributed by atoms with van der Waals surface area (Å²) in [6.07, 6.45) is 5.54. The summed E-state index contributed by atoms with van der Waals surface area (Å²) in [6, 6.07) is 13.7. The van der Waals surface area contributed by atoms with Crippen molar-refractivity contribution in [1.29, 1.82) is 0 Å². The molecule has 0 radical (unpaired) electrons. The summed E-state index contributed by atoms with van der Waals surface area (Å²) in [5, 5.41) is 13.9. The van der Waals surface area contributed by atoms with Gasteiger partial charge in [0.25, 0.3) is 5.91 Å². The topological polar surface area (TPSA) is 67.2 Å². The second-order valence-corrected chi connectivity index (χ2v) is 7.16. The highest BCUT2D eigenvalue weighted by Crippen LogP contribution is 2.32. The number of benzene rings is 1. The number of aromatic nitrogens is 2. The van der Waals surface area contributed by atoms with Crippen LogP contribution in [0.2, 0.25) is 0 Å². The van der Waals surface area contributed by atoms with Crippen molar-refractivity contribution in [2.75, 3.05) is 0 Å². The van der Waals surface area contributed by atoms with E-state index in [1.807, 2.05) is 60.3 Å². The molecule has 2 heterocycles. The Kier molecular flexibility index (Phi) is 4.47. The van der Waals surface area contributed by atoms with E-state index in [9.17, 15) is 9.90 Å². The second-order valence-electron chi connectivity index (χ2n) is 7.16. The molecular weight excluding hydrogens is 326 g/mol. The predicted molar refractivity (Wildman–Crippen MR) is 101 cm³/mol. The molecule has 1 amide bonds. The molecule has 0 aliphatic heterocycles. The number of amides is 1. The molecule has 0 bridgehead atoms. The number of para-hydroxylation sites is 1. The average Bonchev–Trinajstić information content (AvgIpc) is 2.97. The molecular formula is C21H23N3O2. The molecule has 1 unspecified atom stereocenters. The van der Waals surface area contributed by atoms with Crippen LogP contribution in [0.3, 0.4) is 0 Å². The number of fused-ring (bicyclic) bond motifs is 1. The van der Waals surface area contributed by atoms with Gasteiger partial charge < -0.3 is 15.0 Å². The molecule has 1 aliphatic rings. The Hall–Kier alpha value is -2.66. The molecule has 3 aromatic rings. The van der Waals surface area contributed by atoms with Crippen LogP contribution in [0.1, 0.15) is 28.9 Å². The zero-order chi connectivity index (χ0) is 18.1. The van der Waals surface area contributed by atoms with Crippen LogP contribution >= 0.6 is 0 Å². The van der Waals surface area contributed by atoms with Gasteiger partial charge in [-0.25, -0.2) is 0 Å². The Labute approximate surface area is 152 Å². The third-order valence-electron chi connectivity index (χ3n) is 5.33. The lowest BCUT2D eigenvalue weighted by Crippen LogP contribution is -2.48. The molecule has 1 atom stereocenters. The number of hydrogen-bond acceptors (Lipinski definition) is 3. The van der Waals surface area contributed by atoms with Gasteiger partial charge in [-0.1, -0.05) is 24.3 Å². The number of carbonyl (C=O) groups is 1. The number of hydrogen-bond donors (Lipinski definition) is 2. The maximum atomic E-state index is 13.0. The molecule has 26 heavy (non-hydrogen) atoms. The van der Waals surface area contributed by atoms with E-state index in [4.69, 9.17) is 0 Å². The van der Waals surface area contributed by atoms with E-state index in [1.165, 1.54) is 0 Å². The number of aryl methyl sites for hydroxylation is 1. The van der Waals surface area contributed by atoms with Crippen LogP contribution in [-0.4, -0.2) is 32.7 Å². The first kappa shape index (κ1) is 16.8. The van der Waals surface area contributed by atoms with E-state index in [0.717, 1.165) is 29.4 Å². The van der Waals surface area contributed by atoms with Crippen LogP contribution in [0.15, 0.2) is 54.9 Å². The van der Waals surface area contributed by atoms with Gasteiger partial charge in [0.05, 0.1) is 11.7 Å². The molecule has 4 rings (SSSR count). The molecule has 0 spiro atoms. The standard InChI is InChI=1S/C21H23N3O2/c1-24-13-18(17-7-2-3-8-20(17)24)21(26)23-19(14-10-16(25)11-14)12-15-6-4-5-9-22-15/h2-9,13-14,16,19,25H,10-12H2,1H3,(H,23,26). The molecule has 5 nitrogen and oxygen atoms in total. The first-order valence-electron chi connectivity index (χ1n) is 9.04. The normalized spacial score (nSPS) is 20.5. The lowest BCUT2D eigenvalue weighted by molar-refractivity contribution is 0.0238. The minimum Gasteiger partial charge on any atom is -0.393 e. The summed E-state index contributed by atoms with van der Waals surface area (Å²) in [5.74, 6) is 0.218. The lowest BCUT2D eigenvalue weighted by Gasteiger charge is -2.38. The Morgan fingerprint density at radius 2 is 2.04 bits per heavy atom. The van der Waals surface area contributed by atoms with E-state index in [2.05, 4.69) is 10.3 Å². The number of aliphatic hydroxyl groups excluding tert-OH is 1. The van der Waals surface area contributed by atoms with Crippen molar-refractivity contribution in [3.05, 3.63) is 66.1 Å². The average molecular weight is 349 g/mol. The van der Waals surface area contributed by atoms with Gasteiger partial charge in [-0.2, -0.15) is 0 Å². The molecule has 134 valence electrons. The number of nitrogens with zero attached hydrogens (tertiary/aromatic N) is 2. The van der Waals surface area contributed by atoms with Crippen LogP contribution in [0.5, 0.6) is 0 Å². The predicted octanol–water partition coefficient (Wildman–Crippen LogP) is 2.69. The molecule has 1 fully saturated rings. The summed E-state index contributed by atoms with van der Waals surface area (Å²) < 4.78 is 1.98. The van der Waals surface area contributed by atoms with Crippen LogP contribution < -0.4 is 5.32 Å². The van der Waals surface area contributed by atoms with Crippen LogP contribution in [0, 0.1) is 5.92 Å². The van der Waals surface area contributed by atoms with Crippen LogP contribution in [0.4, 0.5) is 0 Å². The van der Waals surface area contributed by atoms with E-state index >= 15 is 0 Å². The summed E-state index contributed by atoms with van der Waals surface area (Å²) in [7, 11) is 1.95. The van der Waals surface area contributed by atoms with Gasteiger partial charge in [0.2, 0.25) is 0 Å². The van der Waals surface area contributed by atoms with Gasteiger partial charge in [0.15, 0.2) is 0 Å². The molecule has 0 saturated heterocycles. The molecule has 1 aliphatic carbocycles. The van der Waals surface area contributed by atoms with Crippen molar-refractivity contribution in [3.63, 3.8) is 0 Å². The summed E-state index contributed by atoms with van der Waals surface area (Å²) in [4.78, 5) is 17.4. The quantitative estimate of drug-likeness (QED) is 0.744. The van der Waals surface area contributed by atoms with Crippen LogP contribution in [-0.2, 0) is 13.5 Å². The largest absolute Gasteiger partial charge is 0.393 e. The lowest BCUT2D eigenvalue weighted by atomic mass is 9.76. The molecule has 1 aromatic carbocycles. The second kappa shape index (κ2) is 6.92. The van der Waals surface area contributed by atoms with Crippen molar-refractivity contribution >= 4 is 16.8 Å². The Morgan fingerprint density at radius 1 is 1.27 bits per heavy atom. The minimum atomic E-state index is -0.249. The Bertz CT molecular complexity index is 913. The van der Waals surface area contributed by atoms with Crippen molar-refractivity contribution in [3.8, 4) is 0 Å². The first-order chi connectivity index (χ1) is 12.6. The van der Waals surface area contributed by atoms with E-state index in [0.29, 0.717) is 12.0 Å². The van der Waals surface area contributed by atoms with Gasteiger partial charge in [-0.3, -0.25) is 9.78 Å². The summed E-state index contributed by atoms with van der Waals surface area (Å²) in [6.45, 7) is 0. The van der Waals surface area contributed by atoms with Crippen molar-refractivity contribution < 1.29 is 9.90 Å². The fourth-order valence-corrected chi connectivity index (χ4v) is 3.81. The van der Waals surface area contributed by atoms with Gasteiger partial charge in [0, 0.05) is 48.5 Å². The maximum Gasteiger partial charge on any atom is 0.253 e. The van der Waals surface area contributed by atoms with Gasteiger partial charge >= 0.3 is 0 Å².